The first-order valence-corrected chi connectivity index (χ1v) is 15.9. The first-order valence-electron chi connectivity index (χ1n) is 15.9. The number of aromatic nitrogens is 6. The minimum atomic E-state index is -0.0556. The van der Waals surface area contributed by atoms with Crippen LogP contribution < -0.4 is 14.2 Å². The van der Waals surface area contributed by atoms with Gasteiger partial charge in [-0.1, -0.05) is 18.2 Å². The van der Waals surface area contributed by atoms with Gasteiger partial charge in [0.25, 0.3) is 0 Å². The lowest BCUT2D eigenvalue weighted by atomic mass is 10.1. The molecular weight excluding hydrogens is 644 g/mol. The molecule has 0 aliphatic heterocycles. The van der Waals surface area contributed by atoms with Gasteiger partial charge in [0.15, 0.2) is 0 Å². The Labute approximate surface area is 294 Å². The second-order valence-corrected chi connectivity index (χ2v) is 11.1. The van der Waals surface area contributed by atoms with E-state index in [2.05, 4.69) is 27.1 Å². The van der Waals surface area contributed by atoms with Crippen LogP contribution in [0.15, 0.2) is 141 Å². The lowest BCUT2D eigenvalue weighted by molar-refractivity contribution is 0.201. The topological polar surface area (TPSA) is 149 Å². The largest absolute Gasteiger partial charge is 0.491 e. The van der Waals surface area contributed by atoms with Crippen LogP contribution >= 0.6 is 0 Å². The molecule has 0 atom stereocenters. The third kappa shape index (κ3) is 9.27. The Hall–Kier alpha value is -7.15. The van der Waals surface area contributed by atoms with E-state index < -0.39 is 0 Å². The molecule has 0 fully saturated rings. The highest BCUT2D eigenvalue weighted by Gasteiger charge is 2.10. The van der Waals surface area contributed by atoms with E-state index in [1.165, 1.54) is 0 Å². The average Bonchev–Trinajstić information content (AvgIpc) is 3.98. The van der Waals surface area contributed by atoms with E-state index in [1.54, 1.807) is 74.0 Å². The van der Waals surface area contributed by atoms with Crippen molar-refractivity contribution in [3.05, 3.63) is 163 Å². The average molecular weight is 677 g/mol. The summed E-state index contributed by atoms with van der Waals surface area (Å²) in [5.74, 6) is 2.86. The summed E-state index contributed by atoms with van der Waals surface area (Å²) in [6, 6.07) is 30.1. The normalized spacial score (nSPS) is 10.3. The number of ether oxygens (including phenoxy) is 3. The zero-order chi connectivity index (χ0) is 35.3. The van der Waals surface area contributed by atoms with Crippen LogP contribution in [0.1, 0.15) is 22.3 Å². The fraction of sp³-hybridized carbons (Fsp3) is 0.103. The molecule has 7 aromatic rings. The summed E-state index contributed by atoms with van der Waals surface area (Å²) in [7, 11) is 0. The van der Waals surface area contributed by atoms with Gasteiger partial charge in [-0.25, -0.2) is 15.0 Å². The summed E-state index contributed by atoms with van der Waals surface area (Å²) in [5.41, 5.74) is 3.98. The summed E-state index contributed by atoms with van der Waals surface area (Å²) < 4.78 is 23.0. The van der Waals surface area contributed by atoms with Gasteiger partial charge in [-0.05, 0) is 71.8 Å². The highest BCUT2D eigenvalue weighted by atomic mass is 16.5. The molecule has 12 heteroatoms. The summed E-state index contributed by atoms with van der Waals surface area (Å²) in [5, 5.41) is 27.5. The molecule has 0 bridgehead atoms. The number of aliphatic hydroxyl groups is 1. The van der Waals surface area contributed by atoms with E-state index in [1.807, 2.05) is 80.8 Å². The van der Waals surface area contributed by atoms with Gasteiger partial charge in [0.05, 0.1) is 36.7 Å². The lowest BCUT2D eigenvalue weighted by Gasteiger charge is -2.11. The van der Waals surface area contributed by atoms with Crippen LogP contribution in [0, 0.1) is 22.7 Å². The number of nitriles is 2. The van der Waals surface area contributed by atoms with Gasteiger partial charge in [0.2, 0.25) is 0 Å². The maximum absolute atomic E-state index is 9.36. The van der Waals surface area contributed by atoms with E-state index in [0.717, 1.165) is 16.8 Å². The third-order valence-electron chi connectivity index (χ3n) is 7.44. The summed E-state index contributed by atoms with van der Waals surface area (Å²) in [4.78, 5) is 12.1. The van der Waals surface area contributed by atoms with Gasteiger partial charge in [0.1, 0.15) is 47.5 Å². The van der Waals surface area contributed by atoms with E-state index in [0.29, 0.717) is 53.0 Å². The Morgan fingerprint density at radius 2 is 1.18 bits per heavy atom. The molecule has 3 heterocycles. The van der Waals surface area contributed by atoms with Crippen LogP contribution in [-0.2, 0) is 13.1 Å². The fourth-order valence-electron chi connectivity index (χ4n) is 5.01. The summed E-state index contributed by atoms with van der Waals surface area (Å²) in [6.07, 6.45) is 16.1. The molecule has 7 rings (SSSR count). The van der Waals surface area contributed by atoms with Crippen molar-refractivity contribution in [3.8, 4) is 46.6 Å². The second kappa shape index (κ2) is 16.8. The van der Waals surface area contributed by atoms with Gasteiger partial charge >= 0.3 is 0 Å². The van der Waals surface area contributed by atoms with Crippen molar-refractivity contribution in [2.45, 2.75) is 13.1 Å². The van der Waals surface area contributed by atoms with Crippen LogP contribution in [0.25, 0.3) is 5.69 Å². The molecule has 0 radical (unpaired) electrons. The molecule has 0 spiro atoms. The predicted molar refractivity (Wildman–Crippen MR) is 188 cm³/mol. The van der Waals surface area contributed by atoms with Crippen LogP contribution in [0.2, 0.25) is 0 Å². The molecule has 0 amide bonds. The number of rotatable bonds is 12. The van der Waals surface area contributed by atoms with E-state index in [9.17, 15) is 10.5 Å². The smallest absolute Gasteiger partial charge is 0.145 e. The van der Waals surface area contributed by atoms with Crippen molar-refractivity contribution >= 4 is 0 Å². The van der Waals surface area contributed by atoms with Crippen molar-refractivity contribution in [2.24, 2.45) is 0 Å². The maximum atomic E-state index is 9.36. The van der Waals surface area contributed by atoms with Crippen molar-refractivity contribution in [1.82, 2.24) is 28.7 Å². The van der Waals surface area contributed by atoms with Crippen LogP contribution in [-0.4, -0.2) is 47.0 Å². The van der Waals surface area contributed by atoms with E-state index in [-0.39, 0.29) is 13.2 Å². The highest BCUT2D eigenvalue weighted by molar-refractivity contribution is 5.49. The molecule has 252 valence electrons. The van der Waals surface area contributed by atoms with Crippen molar-refractivity contribution in [2.75, 3.05) is 13.2 Å². The zero-order valence-electron chi connectivity index (χ0n) is 27.4. The van der Waals surface area contributed by atoms with Gasteiger partial charge in [-0.15, -0.1) is 0 Å². The molecule has 51 heavy (non-hydrogen) atoms. The molecule has 0 saturated carbocycles. The van der Waals surface area contributed by atoms with Crippen molar-refractivity contribution in [1.29, 1.82) is 10.5 Å². The quantitative estimate of drug-likeness (QED) is 0.148. The van der Waals surface area contributed by atoms with Crippen LogP contribution in [0.3, 0.4) is 0 Å². The molecule has 0 aliphatic rings. The number of aliphatic hydroxyl groups excluding tert-OH is 1. The first-order chi connectivity index (χ1) is 25.1. The molecular formula is C39H32N8O4. The molecule has 1 N–H and O–H groups in total. The molecule has 4 aromatic carbocycles. The molecule has 0 saturated heterocycles. The lowest BCUT2D eigenvalue weighted by Crippen LogP contribution is -2.01. The Balaban J connectivity index is 0.000000176. The SMILES string of the molecule is N#Cc1ccc(Cn2ccnc2)cc1Oc1ccc(-n2ccnc2)cc1.N#Cc1ccc(Cn2ccnc2)cc1Oc1cccc(OCCO)c1. The summed E-state index contributed by atoms with van der Waals surface area (Å²) >= 11 is 0. The number of hydrogen-bond donors (Lipinski definition) is 1. The molecule has 0 unspecified atom stereocenters. The van der Waals surface area contributed by atoms with E-state index >= 15 is 0 Å². The molecule has 0 aliphatic carbocycles. The Kier molecular flexibility index (Phi) is 11.1. The first kappa shape index (κ1) is 33.7. The number of imidazole rings is 3. The van der Waals surface area contributed by atoms with Crippen LogP contribution in [0.4, 0.5) is 0 Å². The zero-order valence-corrected chi connectivity index (χ0v) is 27.4. The Bertz CT molecular complexity index is 2220. The standard InChI is InChI=1S/C20H15N5O.C19H17N3O3/c21-12-17-2-1-16(13-24-9-7-22-14-24)11-20(17)26-19-5-3-18(4-6-19)25-10-8-23-15-25;20-12-16-5-4-15(13-22-7-6-21-14-22)10-19(16)25-18-3-1-2-17(11-18)24-9-8-23/h1-11,14-15H,13H2;1-7,10-11,14,23H,8-9,13H2. The third-order valence-corrected chi connectivity index (χ3v) is 7.44. The number of hydrogen-bond acceptors (Lipinski definition) is 9. The second-order valence-electron chi connectivity index (χ2n) is 11.1. The van der Waals surface area contributed by atoms with Gasteiger partial charge in [0, 0.05) is 62.0 Å². The van der Waals surface area contributed by atoms with Gasteiger partial charge < -0.3 is 33.0 Å². The summed E-state index contributed by atoms with van der Waals surface area (Å²) in [6.45, 7) is 1.47. The van der Waals surface area contributed by atoms with Crippen LogP contribution in [0.5, 0.6) is 28.7 Å². The van der Waals surface area contributed by atoms with Crippen molar-refractivity contribution < 1.29 is 19.3 Å². The number of nitrogens with zero attached hydrogens (tertiary/aromatic N) is 8. The number of benzene rings is 4. The Morgan fingerprint density at radius 3 is 1.71 bits per heavy atom. The fourth-order valence-corrected chi connectivity index (χ4v) is 5.01. The van der Waals surface area contributed by atoms with E-state index in [4.69, 9.17) is 19.3 Å². The highest BCUT2D eigenvalue weighted by Crippen LogP contribution is 2.30. The molecule has 12 nitrogen and oxygen atoms in total. The minimum Gasteiger partial charge on any atom is -0.491 e. The minimum absolute atomic E-state index is 0.0556. The van der Waals surface area contributed by atoms with Gasteiger partial charge in [-0.2, -0.15) is 10.5 Å². The van der Waals surface area contributed by atoms with Gasteiger partial charge in [-0.3, -0.25) is 0 Å². The molecule has 3 aromatic heterocycles. The predicted octanol–water partition coefficient (Wildman–Crippen LogP) is 6.75. The monoisotopic (exact) mass is 676 g/mol. The van der Waals surface area contributed by atoms with Crippen molar-refractivity contribution in [3.63, 3.8) is 0 Å². The Morgan fingerprint density at radius 1 is 0.608 bits per heavy atom. The maximum Gasteiger partial charge on any atom is 0.145 e.